The monoisotopic (exact) mass is 838 g/mol. The normalized spacial score (nSPS) is 19.8. The highest BCUT2D eigenvalue weighted by Crippen LogP contribution is 2.41. The molecule has 0 N–H and O–H groups in total. The second-order valence-corrected chi connectivity index (χ2v) is 13.8. The Kier molecular flexibility index (Phi) is 3.33. The van der Waals surface area contributed by atoms with Crippen molar-refractivity contribution in [2.24, 2.45) is 0 Å². The van der Waals surface area contributed by atoms with Crippen molar-refractivity contribution >= 4 is 65.4 Å². The molecule has 0 spiro atoms. The summed E-state index contributed by atoms with van der Waals surface area (Å²) in [6.07, 6.45) is 0. The molecule has 0 bridgehead atoms. The number of aromatic nitrogens is 3. The average Bonchev–Trinajstić information content (AvgIpc) is 1.55. The van der Waals surface area contributed by atoms with Crippen molar-refractivity contribution in [3.63, 3.8) is 0 Å². The molecule has 0 radical (unpaired) electrons. The third-order valence-electron chi connectivity index (χ3n) is 10.4. The summed E-state index contributed by atoms with van der Waals surface area (Å²) in [6, 6.07) is -30.8. The second-order valence-electron chi connectivity index (χ2n) is 13.8. The number of nitrogens with zero attached hydrogens (tertiary/aromatic N) is 3. The first-order chi connectivity index (χ1) is 46.2. The second kappa shape index (κ2) is 14.1. The lowest BCUT2D eigenvalue weighted by Crippen LogP contribution is -1.98. The van der Waals surface area contributed by atoms with Crippen molar-refractivity contribution in [2.45, 2.75) is 0 Å². The third-order valence-corrected chi connectivity index (χ3v) is 10.4. The van der Waals surface area contributed by atoms with Crippen LogP contribution in [0.2, 0.25) is 0 Å². The zero-order chi connectivity index (χ0) is 72.8. The predicted octanol–water partition coefficient (Wildman–Crippen LogP) is 16.0. The van der Waals surface area contributed by atoms with Gasteiger partial charge in [0.05, 0.1) is 82.4 Å². The van der Waals surface area contributed by atoms with E-state index in [0.717, 1.165) is 27.3 Å². The number of hydrogen-bond donors (Lipinski definition) is 0. The highest BCUT2D eigenvalue weighted by Gasteiger charge is 2.19. The first-order valence-electron chi connectivity index (χ1n) is 36.7. The molecule has 3 heterocycles. The molecule has 0 aliphatic heterocycles. The van der Waals surface area contributed by atoms with Crippen molar-refractivity contribution in [1.82, 2.24) is 13.7 Å². The number of fused-ring (bicyclic) bond motifs is 9. The van der Waals surface area contributed by atoms with E-state index in [1.807, 2.05) is 0 Å². The Morgan fingerprint density at radius 1 is 0.222 bits per heavy atom. The van der Waals surface area contributed by atoms with Gasteiger partial charge < -0.3 is 13.7 Å². The van der Waals surface area contributed by atoms with Gasteiger partial charge in [-0.3, -0.25) is 0 Å². The predicted molar refractivity (Wildman–Crippen MR) is 266 cm³/mol. The van der Waals surface area contributed by atoms with Crippen LogP contribution in [-0.4, -0.2) is 13.7 Å². The molecule has 0 atom stereocenters. The molecule has 3 heteroatoms. The smallest absolute Gasteiger partial charge is 0.0667 e. The van der Waals surface area contributed by atoms with E-state index in [-0.39, 0.29) is 0 Å². The maximum Gasteiger partial charge on any atom is 0.0667 e. The molecule has 13 rings (SSSR count). The van der Waals surface area contributed by atoms with Crippen LogP contribution in [0.1, 0.15) is 49.3 Å². The highest BCUT2D eigenvalue weighted by atomic mass is 15.0. The van der Waals surface area contributed by atoms with Gasteiger partial charge in [-0.15, -0.1) is 0 Å². The summed E-state index contributed by atoms with van der Waals surface area (Å²) in [5, 5.41) is -3.71. The van der Waals surface area contributed by atoms with Crippen LogP contribution in [0.5, 0.6) is 0 Å². The van der Waals surface area contributed by atoms with Gasteiger partial charge >= 0.3 is 0 Å². The SMILES string of the molecule is [2H]c1c([2H])c([2H])c(-c2cc(-c3c([2H])c([2H])c([2H])c(-c4c([2H])c([2H])c([2H])c([2H])c4[2H])c3[2H])cc(-n3c4c([2H])c([2H])c([2H])c([2H])c4c4c([2H])c(-n5c6c([2H])c([2H])c([2H])c([2H])c6c6c([2H])c([2H])c(-n7c8c([2H])c([2H])c([2H])c([2H])c8c8c([2H])c([2H])c([2H])c([2H])c87)c([2H])c65)c([2H])c([2H])c43)c2)c([2H])c1[2H]. The fourth-order valence-electron chi connectivity index (χ4n) is 7.77. The van der Waals surface area contributed by atoms with E-state index in [1.165, 1.54) is 0 Å². The summed E-state index contributed by atoms with van der Waals surface area (Å²) in [4.78, 5) is 0. The van der Waals surface area contributed by atoms with Crippen LogP contribution < -0.4 is 0 Å². The van der Waals surface area contributed by atoms with Gasteiger partial charge in [0.15, 0.2) is 0 Å². The van der Waals surface area contributed by atoms with Crippen molar-refractivity contribution < 1.29 is 49.3 Å². The van der Waals surface area contributed by atoms with Gasteiger partial charge in [-0.05, 0) is 112 Å². The molecule has 63 heavy (non-hydrogen) atoms. The number of para-hydroxylation sites is 4. The molecule has 0 fully saturated rings. The molecule has 0 saturated heterocycles. The van der Waals surface area contributed by atoms with Crippen LogP contribution in [0, 0.1) is 0 Å². The minimum Gasteiger partial charge on any atom is -0.309 e. The molecular formula is C60H39N3. The van der Waals surface area contributed by atoms with Crippen LogP contribution >= 0.6 is 0 Å². The Morgan fingerprint density at radius 2 is 0.603 bits per heavy atom. The summed E-state index contributed by atoms with van der Waals surface area (Å²) in [5.41, 5.74) is -10.2. The van der Waals surface area contributed by atoms with Crippen molar-refractivity contribution in [2.75, 3.05) is 0 Å². The lowest BCUT2D eigenvalue weighted by molar-refractivity contribution is 1.15. The van der Waals surface area contributed by atoms with Crippen molar-refractivity contribution in [3.05, 3.63) is 236 Å². The summed E-state index contributed by atoms with van der Waals surface area (Å²) in [6.45, 7) is 0. The molecule has 0 aliphatic rings. The van der Waals surface area contributed by atoms with Gasteiger partial charge in [-0.1, -0.05) is 157 Å². The molecule has 3 aromatic heterocycles. The fourth-order valence-corrected chi connectivity index (χ4v) is 7.77. The van der Waals surface area contributed by atoms with Gasteiger partial charge in [0.2, 0.25) is 0 Å². The lowest BCUT2D eigenvalue weighted by atomic mass is 9.95. The van der Waals surface area contributed by atoms with Crippen molar-refractivity contribution in [1.29, 1.82) is 0 Å². The molecular weight excluding hydrogens is 763 g/mol. The molecule has 294 valence electrons. The van der Waals surface area contributed by atoms with Crippen molar-refractivity contribution in [3.8, 4) is 50.4 Å². The van der Waals surface area contributed by atoms with Gasteiger partial charge in [-0.2, -0.15) is 0 Å². The van der Waals surface area contributed by atoms with E-state index in [4.69, 9.17) is 30.2 Å². The van der Waals surface area contributed by atoms with E-state index in [1.54, 1.807) is 0 Å². The number of benzene rings is 10. The minimum absolute atomic E-state index is 0.423. The minimum atomic E-state index is -1.14. The van der Waals surface area contributed by atoms with Crippen LogP contribution in [0.15, 0.2) is 236 Å². The Bertz CT molecular complexity index is 5920. The average molecular weight is 838 g/mol. The van der Waals surface area contributed by atoms with E-state index >= 15 is 0 Å². The molecule has 0 amide bonds. The molecule has 13 aromatic rings. The van der Waals surface area contributed by atoms with Gasteiger partial charge in [-0.25, -0.2) is 0 Å². The molecule has 0 aliphatic carbocycles. The molecule has 0 unspecified atom stereocenters. The van der Waals surface area contributed by atoms with E-state index in [0.29, 0.717) is 4.57 Å². The number of hydrogen-bond acceptors (Lipinski definition) is 0. The van der Waals surface area contributed by atoms with Crippen LogP contribution in [-0.2, 0) is 0 Å². The molecule has 0 saturated carbocycles. The van der Waals surface area contributed by atoms with E-state index in [9.17, 15) is 19.2 Å². The fraction of sp³-hybridized carbons (Fsp3) is 0. The zero-order valence-electron chi connectivity index (χ0n) is 67.6. The first kappa shape index (κ1) is 14.9. The Morgan fingerprint density at radius 3 is 1.19 bits per heavy atom. The van der Waals surface area contributed by atoms with Crippen LogP contribution in [0.3, 0.4) is 0 Å². The standard InChI is InChI=1S/C60H39N3/c1-3-16-40(17-4-1)42-20-15-21-43(34-42)45-35-44(41-18-5-2-6-19-41)36-48(37-45)63-58-29-14-10-25-52(58)54-38-46(31-33-59(54)63)62-57-28-13-9-24-51(57)53-32-30-47(39-60(53)62)61-55-26-11-7-22-49(55)50-23-8-12-27-56(50)61/h1-39H/i1D,2D,3D,4D,5D,6D,7D,8D,9D,10D,11D,12D,13D,14D,15D,16D,17D,18D,19D,20D,21D,22D,23D,24D,25D,26D,27D,28D,29D,30D,31D,32D,33D,34D,38D,39D. The molecule has 10 aromatic carbocycles. The van der Waals surface area contributed by atoms with Crippen LogP contribution in [0.4, 0.5) is 0 Å². The summed E-state index contributed by atoms with van der Waals surface area (Å²) in [5.74, 6) is 0. The quantitative estimate of drug-likeness (QED) is 0.158. The van der Waals surface area contributed by atoms with Gasteiger partial charge in [0.1, 0.15) is 0 Å². The first-order valence-corrected chi connectivity index (χ1v) is 18.7. The summed E-state index contributed by atoms with van der Waals surface area (Å²) in [7, 11) is 0. The van der Waals surface area contributed by atoms with Gasteiger partial charge in [0.25, 0.3) is 0 Å². The summed E-state index contributed by atoms with van der Waals surface area (Å²) >= 11 is 0. The Hall–Kier alpha value is -8.40. The zero-order valence-corrected chi connectivity index (χ0v) is 31.6. The Balaban J connectivity index is 1.24. The topological polar surface area (TPSA) is 14.8 Å². The lowest BCUT2D eigenvalue weighted by Gasteiger charge is -2.15. The molecule has 3 nitrogen and oxygen atoms in total. The van der Waals surface area contributed by atoms with E-state index < -0.39 is 333 Å². The summed E-state index contributed by atoms with van der Waals surface area (Å²) < 4.78 is 332. The maximum absolute atomic E-state index is 10.4. The maximum atomic E-state index is 10.4. The largest absolute Gasteiger partial charge is 0.309 e. The van der Waals surface area contributed by atoms with E-state index in [2.05, 4.69) is 0 Å². The Labute approximate surface area is 415 Å². The number of rotatable bonds is 6. The van der Waals surface area contributed by atoms with Crippen LogP contribution in [0.25, 0.3) is 116 Å². The third kappa shape index (κ3) is 5.60. The highest BCUT2D eigenvalue weighted by molar-refractivity contribution is 6.14. The van der Waals surface area contributed by atoms with Gasteiger partial charge in [0, 0.05) is 49.4 Å².